The first kappa shape index (κ1) is 24.0. The van der Waals surface area contributed by atoms with E-state index >= 15 is 0 Å². The van der Waals surface area contributed by atoms with Crippen LogP contribution in [-0.2, 0) is 0 Å². The van der Waals surface area contributed by atoms with Crippen LogP contribution in [-0.4, -0.2) is 0 Å². The van der Waals surface area contributed by atoms with Gasteiger partial charge in [-0.15, -0.1) is 0 Å². The molecule has 0 aliphatic heterocycles. The van der Waals surface area contributed by atoms with E-state index in [9.17, 15) is 0 Å². The minimum atomic E-state index is 0.908. The Kier molecular flexibility index (Phi) is 5.27. The Morgan fingerprint density at radius 1 is 0.279 bits per heavy atom. The lowest BCUT2D eigenvalue weighted by Crippen LogP contribution is -1.91. The van der Waals surface area contributed by atoms with Crippen LogP contribution < -0.4 is 0 Å². The third-order valence-electron chi connectivity index (χ3n) is 8.83. The van der Waals surface area contributed by atoms with Gasteiger partial charge in [-0.3, -0.25) is 0 Å². The molecule has 0 amide bonds. The van der Waals surface area contributed by atoms with Gasteiger partial charge in [0.15, 0.2) is 0 Å². The number of hydrogen-bond acceptors (Lipinski definition) is 1. The Labute approximate surface area is 249 Å². The van der Waals surface area contributed by atoms with E-state index in [1.54, 1.807) is 0 Å². The molecule has 0 saturated carbocycles. The Hall–Kier alpha value is -5.66. The summed E-state index contributed by atoms with van der Waals surface area (Å²) in [5.74, 6) is 0. The summed E-state index contributed by atoms with van der Waals surface area (Å²) in [6.07, 6.45) is 0. The van der Waals surface area contributed by atoms with Crippen molar-refractivity contribution in [3.8, 4) is 33.4 Å². The van der Waals surface area contributed by atoms with E-state index < -0.39 is 0 Å². The quantitative estimate of drug-likeness (QED) is 0.201. The largest absolute Gasteiger partial charge is 0.456 e. The van der Waals surface area contributed by atoms with Crippen LogP contribution in [0, 0.1) is 0 Å². The van der Waals surface area contributed by atoms with E-state index in [-0.39, 0.29) is 0 Å². The van der Waals surface area contributed by atoms with Crippen molar-refractivity contribution in [1.82, 2.24) is 0 Å². The van der Waals surface area contributed by atoms with Gasteiger partial charge in [-0.1, -0.05) is 127 Å². The Morgan fingerprint density at radius 2 is 0.744 bits per heavy atom. The van der Waals surface area contributed by atoms with Crippen LogP contribution in [0.5, 0.6) is 0 Å². The zero-order chi connectivity index (χ0) is 28.3. The van der Waals surface area contributed by atoms with E-state index in [4.69, 9.17) is 4.42 Å². The number of rotatable bonds is 3. The molecule has 0 saturated heterocycles. The minimum absolute atomic E-state index is 0.908. The van der Waals surface area contributed by atoms with Crippen molar-refractivity contribution in [2.45, 2.75) is 0 Å². The first-order valence-electron chi connectivity index (χ1n) is 14.8. The minimum Gasteiger partial charge on any atom is -0.456 e. The summed E-state index contributed by atoms with van der Waals surface area (Å²) in [4.78, 5) is 0. The summed E-state index contributed by atoms with van der Waals surface area (Å²) in [5, 5.41) is 9.81. The molecule has 0 fully saturated rings. The zero-order valence-electron chi connectivity index (χ0n) is 23.4. The molecule has 0 radical (unpaired) electrons. The van der Waals surface area contributed by atoms with Crippen molar-refractivity contribution < 1.29 is 4.42 Å². The molecule has 8 aromatic carbocycles. The number of benzene rings is 8. The van der Waals surface area contributed by atoms with Crippen molar-refractivity contribution in [2.24, 2.45) is 0 Å². The van der Waals surface area contributed by atoms with Gasteiger partial charge >= 0.3 is 0 Å². The molecule has 1 heteroatoms. The highest BCUT2D eigenvalue weighted by molar-refractivity contribution is 6.22. The molecule has 9 aromatic rings. The average molecular weight is 547 g/mol. The van der Waals surface area contributed by atoms with Gasteiger partial charge in [-0.2, -0.15) is 0 Å². The fourth-order valence-corrected chi connectivity index (χ4v) is 6.84. The van der Waals surface area contributed by atoms with Gasteiger partial charge in [0.2, 0.25) is 0 Å². The van der Waals surface area contributed by atoms with Crippen molar-refractivity contribution in [3.05, 3.63) is 158 Å². The van der Waals surface area contributed by atoms with Crippen LogP contribution in [0.25, 0.3) is 87.6 Å². The maximum atomic E-state index is 6.32. The highest BCUT2D eigenvalue weighted by atomic mass is 16.3. The van der Waals surface area contributed by atoms with Gasteiger partial charge in [0.1, 0.15) is 11.2 Å². The number of hydrogen-bond donors (Lipinski definition) is 0. The van der Waals surface area contributed by atoms with Crippen LogP contribution >= 0.6 is 0 Å². The summed E-state index contributed by atoms with van der Waals surface area (Å²) < 4.78 is 6.32. The Balaban J connectivity index is 1.32. The van der Waals surface area contributed by atoms with Crippen molar-refractivity contribution in [1.29, 1.82) is 0 Å². The average Bonchev–Trinajstić information content (AvgIpc) is 3.44. The summed E-state index contributed by atoms with van der Waals surface area (Å²) in [5.41, 5.74) is 9.18. The van der Waals surface area contributed by atoms with Gasteiger partial charge in [0, 0.05) is 10.8 Å². The number of furan rings is 1. The topological polar surface area (TPSA) is 13.1 Å². The van der Waals surface area contributed by atoms with Crippen LogP contribution in [0.3, 0.4) is 0 Å². The maximum Gasteiger partial charge on any atom is 0.135 e. The molecular weight excluding hydrogens is 520 g/mol. The molecule has 1 nitrogen and oxygen atoms in total. The smallest absolute Gasteiger partial charge is 0.135 e. The van der Waals surface area contributed by atoms with Gasteiger partial charge in [-0.05, 0) is 96.0 Å². The maximum absolute atomic E-state index is 6.32. The third-order valence-corrected chi connectivity index (χ3v) is 8.83. The molecule has 9 rings (SSSR count). The molecular formula is C42H26O. The summed E-state index contributed by atoms with van der Waals surface area (Å²) in [6.45, 7) is 0. The molecule has 0 N–H and O–H groups in total. The first-order valence-corrected chi connectivity index (χ1v) is 14.8. The summed E-state index contributed by atoms with van der Waals surface area (Å²) in [7, 11) is 0. The van der Waals surface area contributed by atoms with Crippen LogP contribution in [0.15, 0.2) is 162 Å². The second kappa shape index (κ2) is 9.44. The van der Waals surface area contributed by atoms with E-state index in [2.05, 4.69) is 158 Å². The van der Waals surface area contributed by atoms with E-state index in [0.717, 1.165) is 21.9 Å². The lowest BCUT2D eigenvalue weighted by molar-refractivity contribution is 0.669. The van der Waals surface area contributed by atoms with Gasteiger partial charge in [0.05, 0.1) is 0 Å². The molecule has 0 bridgehead atoms. The van der Waals surface area contributed by atoms with E-state index in [1.807, 2.05) is 0 Å². The van der Waals surface area contributed by atoms with E-state index in [1.165, 1.54) is 65.7 Å². The van der Waals surface area contributed by atoms with Gasteiger partial charge in [0.25, 0.3) is 0 Å². The summed E-state index contributed by atoms with van der Waals surface area (Å²) >= 11 is 0. The predicted molar refractivity (Wildman–Crippen MR) is 183 cm³/mol. The molecule has 0 atom stereocenters. The lowest BCUT2D eigenvalue weighted by atomic mass is 9.85. The van der Waals surface area contributed by atoms with Crippen LogP contribution in [0.1, 0.15) is 0 Å². The zero-order valence-corrected chi connectivity index (χ0v) is 23.4. The van der Waals surface area contributed by atoms with Crippen molar-refractivity contribution in [3.63, 3.8) is 0 Å². The van der Waals surface area contributed by atoms with Crippen molar-refractivity contribution >= 4 is 54.3 Å². The predicted octanol–water partition coefficient (Wildman–Crippen LogP) is 12.0. The molecule has 0 spiro atoms. The Bertz CT molecular complexity index is 2440. The third kappa shape index (κ3) is 3.79. The normalized spacial score (nSPS) is 11.7. The number of fused-ring (bicyclic) bond motifs is 6. The molecule has 1 aromatic heterocycles. The molecule has 200 valence electrons. The van der Waals surface area contributed by atoms with Crippen LogP contribution in [0.4, 0.5) is 0 Å². The fourth-order valence-electron chi connectivity index (χ4n) is 6.84. The fraction of sp³-hybridized carbons (Fsp3) is 0. The van der Waals surface area contributed by atoms with Gasteiger partial charge < -0.3 is 4.42 Å². The van der Waals surface area contributed by atoms with Gasteiger partial charge in [-0.25, -0.2) is 0 Å². The monoisotopic (exact) mass is 546 g/mol. The highest BCUT2D eigenvalue weighted by Crippen LogP contribution is 2.45. The van der Waals surface area contributed by atoms with E-state index in [0.29, 0.717) is 0 Å². The van der Waals surface area contributed by atoms with Crippen LogP contribution in [0.2, 0.25) is 0 Å². The Morgan fingerprint density at radius 3 is 1.37 bits per heavy atom. The molecule has 0 aliphatic carbocycles. The molecule has 0 aliphatic rings. The summed E-state index contributed by atoms with van der Waals surface area (Å²) in [6, 6.07) is 56.9. The van der Waals surface area contributed by atoms with Crippen molar-refractivity contribution in [2.75, 3.05) is 0 Å². The second-order valence-electron chi connectivity index (χ2n) is 11.3. The molecule has 1 heterocycles. The molecule has 0 unspecified atom stereocenters. The second-order valence-corrected chi connectivity index (χ2v) is 11.3. The molecule has 43 heavy (non-hydrogen) atoms. The SMILES string of the molecule is c1ccc(-c2ccc3oc4ccc(-c5c6ccccc6c(-c6ccc7ccccc7c6)c6ccccc56)cc4c3c2)cc1. The lowest BCUT2D eigenvalue weighted by Gasteiger charge is -2.18. The standard InChI is InChI=1S/C42H26O/c1-2-10-27(11-3-1)30-20-22-39-37(25-30)38-26-32(21-23-40(38)43-39)42-35-16-8-6-14-33(35)41(34-15-7-9-17-36(34)42)31-19-18-28-12-4-5-13-29(28)24-31/h1-26H. The first-order chi connectivity index (χ1) is 21.3. The highest BCUT2D eigenvalue weighted by Gasteiger charge is 2.18.